The highest BCUT2D eigenvalue weighted by atomic mass is 32.2. The van der Waals surface area contributed by atoms with Gasteiger partial charge in [0.05, 0.1) is 15.8 Å². The number of terminal acetylenes is 1. The first-order valence-electron chi connectivity index (χ1n) is 10.3. The Labute approximate surface area is 188 Å². The lowest BCUT2D eigenvalue weighted by molar-refractivity contribution is 0.570. The molecular formula is C24H27N3O2S2. The second-order valence-corrected chi connectivity index (χ2v) is 11.1. The Balaban J connectivity index is 1.83. The number of rotatable bonds is 9. The van der Waals surface area contributed by atoms with Crippen LogP contribution in [0, 0.1) is 12.3 Å². The van der Waals surface area contributed by atoms with Crippen LogP contribution in [0.15, 0.2) is 52.9 Å². The molecule has 1 N–H and O–H groups in total. The van der Waals surface area contributed by atoms with Gasteiger partial charge in [-0.15, -0.1) is 23.7 Å². The Bertz CT molecular complexity index is 1180. The van der Waals surface area contributed by atoms with Crippen molar-refractivity contribution in [3.05, 3.63) is 54.2 Å². The Morgan fingerprint density at radius 1 is 1.19 bits per heavy atom. The summed E-state index contributed by atoms with van der Waals surface area (Å²) in [6, 6.07) is 13.4. The monoisotopic (exact) mass is 453 g/mol. The third-order valence-electron chi connectivity index (χ3n) is 5.08. The Morgan fingerprint density at radius 2 is 2.00 bits per heavy atom. The zero-order valence-electron chi connectivity index (χ0n) is 18.0. The van der Waals surface area contributed by atoms with E-state index in [2.05, 4.69) is 47.2 Å². The van der Waals surface area contributed by atoms with Gasteiger partial charge < -0.3 is 5.32 Å². The van der Waals surface area contributed by atoms with Crippen LogP contribution in [0.3, 0.4) is 0 Å². The molecule has 0 bridgehead atoms. The normalized spacial score (nSPS) is 12.5. The number of hydrogen-bond acceptors (Lipinski definition) is 6. The molecular weight excluding hydrogens is 426 g/mol. The van der Waals surface area contributed by atoms with Crippen LogP contribution in [-0.4, -0.2) is 23.6 Å². The molecule has 0 fully saturated rings. The van der Waals surface area contributed by atoms with Crippen molar-refractivity contribution in [2.24, 2.45) is 0 Å². The number of nitrogens with zero attached hydrogens (tertiary/aromatic N) is 2. The van der Waals surface area contributed by atoms with E-state index in [4.69, 9.17) is 6.42 Å². The smallest absolute Gasteiger partial charge is 0.227 e. The molecule has 2 aromatic heterocycles. The van der Waals surface area contributed by atoms with Gasteiger partial charge in [0.2, 0.25) is 5.95 Å². The minimum absolute atomic E-state index is 0.351. The predicted octanol–water partition coefficient (Wildman–Crippen LogP) is 6.04. The molecule has 0 saturated carbocycles. The fourth-order valence-corrected chi connectivity index (χ4v) is 6.56. The van der Waals surface area contributed by atoms with Crippen molar-refractivity contribution in [2.45, 2.75) is 55.4 Å². The van der Waals surface area contributed by atoms with Gasteiger partial charge in [0.15, 0.2) is 9.84 Å². The Hall–Kier alpha value is -2.69. The van der Waals surface area contributed by atoms with Crippen molar-refractivity contribution in [1.82, 2.24) is 9.97 Å². The average Bonchev–Trinajstić information content (AvgIpc) is 3.26. The third-order valence-corrected chi connectivity index (χ3v) is 9.08. The van der Waals surface area contributed by atoms with E-state index in [-0.39, 0.29) is 0 Å². The molecule has 1 atom stereocenters. The molecule has 162 valence electrons. The molecule has 5 nitrogen and oxygen atoms in total. The fraction of sp³-hybridized carbons (Fsp3) is 0.333. The van der Waals surface area contributed by atoms with Gasteiger partial charge in [0.25, 0.3) is 0 Å². The summed E-state index contributed by atoms with van der Waals surface area (Å²) in [5, 5.41) is 2.78. The molecule has 0 aliphatic heterocycles. The summed E-state index contributed by atoms with van der Waals surface area (Å²) < 4.78 is 26.4. The second kappa shape index (κ2) is 10.1. The minimum atomic E-state index is -3.42. The average molecular weight is 454 g/mol. The van der Waals surface area contributed by atoms with E-state index in [1.54, 1.807) is 24.4 Å². The van der Waals surface area contributed by atoms with E-state index in [0.717, 1.165) is 10.6 Å². The van der Waals surface area contributed by atoms with E-state index in [1.807, 2.05) is 19.1 Å². The Kier molecular flexibility index (Phi) is 7.47. The third kappa shape index (κ3) is 5.52. The van der Waals surface area contributed by atoms with Crippen LogP contribution in [0.25, 0.3) is 10.6 Å². The first-order valence-corrected chi connectivity index (χ1v) is 12.7. The minimum Gasteiger partial charge on any atom is -0.324 e. The highest BCUT2D eigenvalue weighted by Gasteiger charge is 2.27. The number of sulfone groups is 1. The molecule has 0 amide bonds. The molecule has 7 heteroatoms. The van der Waals surface area contributed by atoms with Gasteiger partial charge in [0.1, 0.15) is 4.21 Å². The summed E-state index contributed by atoms with van der Waals surface area (Å²) >= 11 is 1.23. The Morgan fingerprint density at radius 3 is 2.71 bits per heavy atom. The summed E-state index contributed by atoms with van der Waals surface area (Å²) in [6.45, 7) is 6.17. The molecule has 0 aliphatic rings. The fourth-order valence-electron chi connectivity index (χ4n) is 3.26. The molecule has 0 radical (unpaired) electrons. The van der Waals surface area contributed by atoms with Crippen molar-refractivity contribution in [3.8, 4) is 22.9 Å². The lowest BCUT2D eigenvalue weighted by atomic mass is 10.0. The second-order valence-electron chi connectivity index (χ2n) is 7.61. The van der Waals surface area contributed by atoms with E-state index < -0.39 is 15.1 Å². The number of thiophene rings is 1. The number of hydrogen-bond donors (Lipinski definition) is 1. The maximum atomic E-state index is 13.0. The van der Waals surface area contributed by atoms with Gasteiger partial charge >= 0.3 is 0 Å². The quantitative estimate of drug-likeness (QED) is 0.400. The maximum Gasteiger partial charge on any atom is 0.227 e. The molecule has 2 heterocycles. The van der Waals surface area contributed by atoms with Crippen LogP contribution in [-0.2, 0) is 9.84 Å². The highest BCUT2D eigenvalue weighted by molar-refractivity contribution is 7.94. The number of benzene rings is 1. The first-order chi connectivity index (χ1) is 14.8. The summed E-state index contributed by atoms with van der Waals surface area (Å²) in [5.41, 5.74) is 2.82. The summed E-state index contributed by atoms with van der Waals surface area (Å²) in [7, 11) is -3.42. The SMILES string of the molecule is C#CCCC(CC)S(=O)(=O)c1ccc(-c2ccnc(Nc3cccc(C(C)C)c3)n2)s1. The number of nitrogens with one attached hydrogen (secondary N) is 1. The van der Waals surface area contributed by atoms with Crippen LogP contribution in [0.2, 0.25) is 0 Å². The zero-order valence-corrected chi connectivity index (χ0v) is 19.6. The van der Waals surface area contributed by atoms with Crippen molar-refractivity contribution < 1.29 is 8.42 Å². The number of aromatic nitrogens is 2. The lowest BCUT2D eigenvalue weighted by Crippen LogP contribution is -2.19. The van der Waals surface area contributed by atoms with Gasteiger partial charge in [-0.05, 0) is 54.7 Å². The summed E-state index contributed by atoms with van der Waals surface area (Å²) in [5.74, 6) is 3.43. The van der Waals surface area contributed by atoms with Crippen LogP contribution >= 0.6 is 11.3 Å². The number of anilines is 2. The highest BCUT2D eigenvalue weighted by Crippen LogP contribution is 2.33. The topological polar surface area (TPSA) is 72.0 Å². The molecule has 1 aromatic carbocycles. The molecule has 0 spiro atoms. The molecule has 0 saturated heterocycles. The predicted molar refractivity (Wildman–Crippen MR) is 128 cm³/mol. The maximum absolute atomic E-state index is 13.0. The van der Waals surface area contributed by atoms with Crippen molar-refractivity contribution in [2.75, 3.05) is 5.32 Å². The van der Waals surface area contributed by atoms with Crippen molar-refractivity contribution in [3.63, 3.8) is 0 Å². The van der Waals surface area contributed by atoms with Crippen LogP contribution < -0.4 is 5.32 Å². The summed E-state index contributed by atoms with van der Waals surface area (Å²) in [6.07, 6.45) is 8.46. The standard InChI is InChI=1S/C24H27N3O2S2/c1-5-7-11-20(6-2)31(28,29)23-13-12-22(30-23)21-14-15-25-24(27-21)26-19-10-8-9-18(16-19)17(3)4/h1,8-10,12-17,20H,6-7,11H2,2-4H3,(H,25,26,27). The lowest BCUT2D eigenvalue weighted by Gasteiger charge is -2.13. The van der Waals surface area contributed by atoms with E-state index in [1.165, 1.54) is 16.9 Å². The first kappa shape index (κ1) is 23.0. The van der Waals surface area contributed by atoms with Crippen molar-refractivity contribution in [1.29, 1.82) is 0 Å². The van der Waals surface area contributed by atoms with Gasteiger partial charge in [-0.2, -0.15) is 0 Å². The van der Waals surface area contributed by atoms with Gasteiger partial charge in [-0.25, -0.2) is 18.4 Å². The van der Waals surface area contributed by atoms with E-state index in [0.29, 0.717) is 41.0 Å². The zero-order chi connectivity index (χ0) is 22.4. The summed E-state index contributed by atoms with van der Waals surface area (Å²) in [4.78, 5) is 9.68. The molecule has 3 rings (SSSR count). The molecule has 3 aromatic rings. The molecule has 31 heavy (non-hydrogen) atoms. The van der Waals surface area contributed by atoms with Gasteiger partial charge in [0, 0.05) is 18.3 Å². The molecule has 1 unspecified atom stereocenters. The van der Waals surface area contributed by atoms with Gasteiger partial charge in [-0.1, -0.05) is 32.9 Å². The van der Waals surface area contributed by atoms with Crippen LogP contribution in [0.4, 0.5) is 11.6 Å². The van der Waals surface area contributed by atoms with E-state index in [9.17, 15) is 8.42 Å². The van der Waals surface area contributed by atoms with E-state index >= 15 is 0 Å². The molecule has 0 aliphatic carbocycles. The van der Waals surface area contributed by atoms with Crippen molar-refractivity contribution >= 4 is 32.8 Å². The largest absolute Gasteiger partial charge is 0.324 e. The van der Waals surface area contributed by atoms with Crippen LogP contribution in [0.5, 0.6) is 0 Å². The van der Waals surface area contributed by atoms with Gasteiger partial charge in [-0.3, -0.25) is 0 Å². The van der Waals surface area contributed by atoms with Crippen LogP contribution in [0.1, 0.15) is 51.5 Å².